The van der Waals surface area contributed by atoms with Gasteiger partial charge in [-0.05, 0) is 36.4 Å². The van der Waals surface area contributed by atoms with Gasteiger partial charge in [-0.15, -0.1) is 0 Å². The molecule has 4 rings (SSSR count). The van der Waals surface area contributed by atoms with Gasteiger partial charge in [0, 0.05) is 43.5 Å². The fraction of sp³-hybridized carbons (Fsp3) is 0.167. The number of nitro benzene ring substituents is 1. The van der Waals surface area contributed by atoms with Crippen LogP contribution in [0.4, 0.5) is 17.1 Å². The predicted octanol–water partition coefficient (Wildman–Crippen LogP) is 4.46. The van der Waals surface area contributed by atoms with Crippen LogP contribution in [0.3, 0.4) is 0 Å². The van der Waals surface area contributed by atoms with E-state index in [2.05, 4.69) is 10.2 Å². The first-order valence-electron chi connectivity index (χ1n) is 10.4. The summed E-state index contributed by atoms with van der Waals surface area (Å²) in [6.45, 7) is 2.39. The predicted molar refractivity (Wildman–Crippen MR) is 127 cm³/mol. The van der Waals surface area contributed by atoms with Gasteiger partial charge in [-0.2, -0.15) is 0 Å². The number of piperazine rings is 1. The first kappa shape index (κ1) is 22.3. The lowest BCUT2D eigenvalue weighted by Gasteiger charge is -2.36. The van der Waals surface area contributed by atoms with Crippen LogP contribution >= 0.6 is 11.6 Å². The molecule has 1 saturated heterocycles. The number of carbonyl (C=O) groups excluding carboxylic acids is 2. The highest BCUT2D eigenvalue weighted by atomic mass is 35.5. The number of hydrogen-bond acceptors (Lipinski definition) is 5. The number of para-hydroxylation sites is 1. The maximum absolute atomic E-state index is 12.6. The first-order valence-corrected chi connectivity index (χ1v) is 10.8. The number of nitro groups is 1. The van der Waals surface area contributed by atoms with Gasteiger partial charge in [-0.3, -0.25) is 19.7 Å². The Hall–Kier alpha value is -3.91. The quantitative estimate of drug-likeness (QED) is 0.444. The van der Waals surface area contributed by atoms with Crippen LogP contribution in [0, 0.1) is 10.1 Å². The Kier molecular flexibility index (Phi) is 6.55. The van der Waals surface area contributed by atoms with Crippen LogP contribution in [-0.4, -0.2) is 47.8 Å². The molecule has 1 aliphatic heterocycles. The van der Waals surface area contributed by atoms with E-state index in [1.807, 2.05) is 35.2 Å². The number of nitrogens with zero attached hydrogens (tertiary/aromatic N) is 3. The minimum Gasteiger partial charge on any atom is -0.367 e. The number of benzene rings is 3. The maximum atomic E-state index is 12.6. The molecule has 0 bridgehead atoms. The molecule has 0 unspecified atom stereocenters. The molecule has 0 spiro atoms. The molecule has 2 amide bonds. The van der Waals surface area contributed by atoms with Crippen molar-refractivity contribution in [3.05, 3.63) is 99.1 Å². The summed E-state index contributed by atoms with van der Waals surface area (Å²) in [5, 5.41) is 14.3. The molecule has 9 heteroatoms. The van der Waals surface area contributed by atoms with Crippen molar-refractivity contribution in [1.82, 2.24) is 4.90 Å². The summed E-state index contributed by atoms with van der Waals surface area (Å²) in [6.07, 6.45) is 0. The van der Waals surface area contributed by atoms with E-state index in [1.165, 1.54) is 18.2 Å². The molecule has 0 atom stereocenters. The normalized spacial score (nSPS) is 13.5. The Balaban J connectivity index is 1.41. The number of anilines is 2. The van der Waals surface area contributed by atoms with Crippen molar-refractivity contribution in [2.45, 2.75) is 0 Å². The van der Waals surface area contributed by atoms with Gasteiger partial charge >= 0.3 is 0 Å². The van der Waals surface area contributed by atoms with Crippen molar-refractivity contribution in [1.29, 1.82) is 0 Å². The Labute approximate surface area is 195 Å². The van der Waals surface area contributed by atoms with Crippen molar-refractivity contribution < 1.29 is 14.5 Å². The van der Waals surface area contributed by atoms with Crippen LogP contribution in [0.1, 0.15) is 20.7 Å². The Morgan fingerprint density at radius 3 is 2.24 bits per heavy atom. The number of amides is 2. The van der Waals surface area contributed by atoms with Gasteiger partial charge in [-0.25, -0.2) is 0 Å². The first-order chi connectivity index (χ1) is 15.9. The highest BCUT2D eigenvalue weighted by Crippen LogP contribution is 2.30. The third kappa shape index (κ3) is 4.96. The SMILES string of the molecule is O=C(Nc1ccc(N2CCN(C(=O)c3ccccc3)CC2)c(Cl)c1)c1ccccc1[N+](=O)[O-]. The van der Waals surface area contributed by atoms with Crippen LogP contribution in [0.15, 0.2) is 72.8 Å². The number of carbonyl (C=O) groups is 2. The average molecular weight is 465 g/mol. The Morgan fingerprint density at radius 1 is 0.909 bits per heavy atom. The van der Waals surface area contributed by atoms with E-state index >= 15 is 0 Å². The zero-order valence-corrected chi connectivity index (χ0v) is 18.4. The van der Waals surface area contributed by atoms with E-state index < -0.39 is 10.8 Å². The summed E-state index contributed by atoms with van der Waals surface area (Å²) >= 11 is 6.49. The van der Waals surface area contributed by atoms with Gasteiger partial charge in [0.25, 0.3) is 17.5 Å². The second kappa shape index (κ2) is 9.70. The van der Waals surface area contributed by atoms with Gasteiger partial charge in [-0.1, -0.05) is 41.9 Å². The lowest BCUT2D eigenvalue weighted by Crippen LogP contribution is -2.48. The molecule has 0 aromatic heterocycles. The third-order valence-corrected chi connectivity index (χ3v) is 5.78. The van der Waals surface area contributed by atoms with E-state index in [9.17, 15) is 19.7 Å². The van der Waals surface area contributed by atoms with Crippen molar-refractivity contribution in [2.75, 3.05) is 36.4 Å². The molecule has 1 fully saturated rings. The van der Waals surface area contributed by atoms with Crippen LogP contribution in [-0.2, 0) is 0 Å². The molecule has 33 heavy (non-hydrogen) atoms. The zero-order chi connectivity index (χ0) is 23.4. The van der Waals surface area contributed by atoms with E-state index in [0.29, 0.717) is 42.5 Å². The minimum absolute atomic E-state index is 0.00872. The Bertz CT molecular complexity index is 1190. The number of rotatable bonds is 5. The van der Waals surface area contributed by atoms with Crippen LogP contribution in [0.25, 0.3) is 0 Å². The molecule has 1 aliphatic rings. The summed E-state index contributed by atoms with van der Waals surface area (Å²) in [4.78, 5) is 39.7. The second-order valence-corrected chi connectivity index (χ2v) is 7.95. The molecule has 0 aliphatic carbocycles. The van der Waals surface area contributed by atoms with E-state index in [-0.39, 0.29) is 17.2 Å². The third-order valence-electron chi connectivity index (χ3n) is 5.48. The topological polar surface area (TPSA) is 95.8 Å². The van der Waals surface area contributed by atoms with Crippen LogP contribution < -0.4 is 10.2 Å². The molecule has 0 saturated carbocycles. The van der Waals surface area contributed by atoms with Crippen molar-refractivity contribution in [3.63, 3.8) is 0 Å². The van der Waals surface area contributed by atoms with E-state index in [1.54, 1.807) is 24.3 Å². The lowest BCUT2D eigenvalue weighted by atomic mass is 10.1. The highest BCUT2D eigenvalue weighted by Gasteiger charge is 2.24. The summed E-state index contributed by atoms with van der Waals surface area (Å²) in [7, 11) is 0. The average Bonchev–Trinajstić information content (AvgIpc) is 2.84. The van der Waals surface area contributed by atoms with E-state index in [4.69, 9.17) is 11.6 Å². The second-order valence-electron chi connectivity index (χ2n) is 7.54. The molecular weight excluding hydrogens is 444 g/mol. The van der Waals surface area contributed by atoms with Gasteiger partial charge < -0.3 is 15.1 Å². The van der Waals surface area contributed by atoms with Crippen molar-refractivity contribution in [3.8, 4) is 0 Å². The zero-order valence-electron chi connectivity index (χ0n) is 17.6. The Morgan fingerprint density at radius 2 is 1.58 bits per heavy atom. The highest BCUT2D eigenvalue weighted by molar-refractivity contribution is 6.33. The van der Waals surface area contributed by atoms with Crippen LogP contribution in [0.2, 0.25) is 5.02 Å². The minimum atomic E-state index is -0.590. The number of nitrogens with one attached hydrogen (secondary N) is 1. The summed E-state index contributed by atoms with van der Waals surface area (Å²) in [5.74, 6) is -0.575. The van der Waals surface area contributed by atoms with Gasteiger partial charge in [0.05, 0.1) is 15.6 Å². The summed E-state index contributed by atoms with van der Waals surface area (Å²) in [5.41, 5.74) is 1.61. The van der Waals surface area contributed by atoms with Crippen molar-refractivity contribution >= 4 is 40.5 Å². The monoisotopic (exact) mass is 464 g/mol. The van der Waals surface area contributed by atoms with E-state index in [0.717, 1.165) is 5.69 Å². The lowest BCUT2D eigenvalue weighted by molar-refractivity contribution is -0.385. The molecule has 3 aromatic carbocycles. The molecule has 8 nitrogen and oxygen atoms in total. The molecule has 1 N–H and O–H groups in total. The standard InChI is InChI=1S/C24H21ClN4O4/c25-20-16-18(26-23(30)19-8-4-5-9-21(19)29(32)33)10-11-22(20)27-12-14-28(15-13-27)24(31)17-6-2-1-3-7-17/h1-11,16H,12-15H2,(H,26,30). The summed E-state index contributed by atoms with van der Waals surface area (Å²) in [6, 6.07) is 20.1. The smallest absolute Gasteiger partial charge is 0.282 e. The van der Waals surface area contributed by atoms with Gasteiger partial charge in [0.2, 0.25) is 0 Å². The number of hydrogen-bond donors (Lipinski definition) is 1. The van der Waals surface area contributed by atoms with Gasteiger partial charge in [0.15, 0.2) is 0 Å². The van der Waals surface area contributed by atoms with Gasteiger partial charge in [0.1, 0.15) is 5.56 Å². The van der Waals surface area contributed by atoms with Crippen LogP contribution in [0.5, 0.6) is 0 Å². The maximum Gasteiger partial charge on any atom is 0.282 e. The number of halogens is 1. The molecule has 168 valence electrons. The molecule has 0 radical (unpaired) electrons. The fourth-order valence-electron chi connectivity index (χ4n) is 3.78. The molecule has 1 heterocycles. The largest absolute Gasteiger partial charge is 0.367 e. The summed E-state index contributed by atoms with van der Waals surface area (Å²) < 4.78 is 0. The molecular formula is C24H21ClN4O4. The van der Waals surface area contributed by atoms with Crippen molar-refractivity contribution in [2.24, 2.45) is 0 Å². The molecule has 3 aromatic rings. The fourth-order valence-corrected chi connectivity index (χ4v) is 4.08.